The highest BCUT2D eigenvalue weighted by Crippen LogP contribution is 2.15. The second-order valence-electron chi connectivity index (χ2n) is 6.49. The van der Waals surface area contributed by atoms with Crippen molar-refractivity contribution in [3.63, 3.8) is 0 Å². The number of halogens is 1. The maximum Gasteiger partial charge on any atom is 0.229 e. The molecular weight excluding hydrogens is 331 g/mol. The molecule has 0 aliphatic carbocycles. The predicted octanol–water partition coefficient (Wildman–Crippen LogP) is 3.77. The normalized spacial score (nSPS) is 10.9. The van der Waals surface area contributed by atoms with Crippen LogP contribution < -0.4 is 5.32 Å². The molecule has 0 aliphatic heterocycles. The lowest BCUT2D eigenvalue weighted by molar-refractivity contribution is -0.115. The van der Waals surface area contributed by atoms with E-state index in [1.807, 2.05) is 12.1 Å². The minimum absolute atomic E-state index is 0.118. The first-order chi connectivity index (χ1) is 12.5. The van der Waals surface area contributed by atoms with Crippen LogP contribution in [0.5, 0.6) is 0 Å². The number of rotatable bonds is 6. The molecule has 0 fully saturated rings. The Balaban J connectivity index is 1.56. The molecule has 1 amide bonds. The highest BCUT2D eigenvalue weighted by Gasteiger charge is 2.08. The number of pyridine rings is 1. The van der Waals surface area contributed by atoms with Gasteiger partial charge in [-0.1, -0.05) is 38.1 Å². The molecule has 0 saturated carbocycles. The Hall–Kier alpha value is -3.02. The third kappa shape index (κ3) is 4.75. The van der Waals surface area contributed by atoms with Gasteiger partial charge < -0.3 is 5.32 Å². The Morgan fingerprint density at radius 1 is 1.15 bits per heavy atom. The first-order valence-electron chi connectivity index (χ1n) is 8.52. The predicted molar refractivity (Wildman–Crippen MR) is 98.4 cm³/mol. The van der Waals surface area contributed by atoms with Gasteiger partial charge in [0, 0.05) is 12.3 Å². The average Bonchev–Trinajstić information content (AvgIpc) is 3.04. The van der Waals surface area contributed by atoms with Crippen molar-refractivity contribution >= 4 is 11.7 Å². The van der Waals surface area contributed by atoms with Crippen LogP contribution in [-0.2, 0) is 17.8 Å². The minimum Gasteiger partial charge on any atom is -0.309 e. The van der Waals surface area contributed by atoms with E-state index in [4.69, 9.17) is 0 Å². The van der Waals surface area contributed by atoms with Gasteiger partial charge in [-0.3, -0.25) is 14.5 Å². The number of carbonyl (C=O) groups is 1. The van der Waals surface area contributed by atoms with Crippen LogP contribution in [0.2, 0.25) is 0 Å². The van der Waals surface area contributed by atoms with Crippen molar-refractivity contribution in [2.24, 2.45) is 0 Å². The molecule has 134 valence electrons. The molecule has 6 heteroatoms. The summed E-state index contributed by atoms with van der Waals surface area (Å²) in [4.78, 5) is 16.2. The monoisotopic (exact) mass is 352 g/mol. The summed E-state index contributed by atoms with van der Waals surface area (Å²) >= 11 is 0. The molecular formula is C20H21FN4O. The Kier molecular flexibility index (Phi) is 5.41. The van der Waals surface area contributed by atoms with Gasteiger partial charge in [0.2, 0.25) is 5.91 Å². The fraction of sp³-hybridized carbons (Fsp3) is 0.250. The van der Waals surface area contributed by atoms with Gasteiger partial charge in [0.05, 0.1) is 24.9 Å². The standard InChI is InChI=1S/C20H21FN4O/c1-14(2)16-5-3-15(4-6-16)11-20(26)23-19-9-10-25(24-19)13-18-8-7-17(21)12-22-18/h3-10,12,14H,11,13H2,1-2H3,(H,23,24,26). The van der Waals surface area contributed by atoms with Crippen LogP contribution in [0.15, 0.2) is 54.9 Å². The molecule has 0 saturated heterocycles. The summed E-state index contributed by atoms with van der Waals surface area (Å²) in [5, 5.41) is 7.09. The van der Waals surface area contributed by atoms with Gasteiger partial charge >= 0.3 is 0 Å². The zero-order chi connectivity index (χ0) is 18.5. The van der Waals surface area contributed by atoms with E-state index in [9.17, 15) is 9.18 Å². The Labute approximate surface area is 151 Å². The van der Waals surface area contributed by atoms with E-state index in [0.29, 0.717) is 30.4 Å². The first kappa shape index (κ1) is 17.8. The molecule has 0 atom stereocenters. The Bertz CT molecular complexity index is 870. The fourth-order valence-corrected chi connectivity index (χ4v) is 2.58. The molecule has 26 heavy (non-hydrogen) atoms. The van der Waals surface area contributed by atoms with Crippen LogP contribution in [0.3, 0.4) is 0 Å². The summed E-state index contributed by atoms with van der Waals surface area (Å²) in [6, 6.07) is 12.8. The Morgan fingerprint density at radius 3 is 2.58 bits per heavy atom. The highest BCUT2D eigenvalue weighted by atomic mass is 19.1. The maximum atomic E-state index is 12.9. The van der Waals surface area contributed by atoms with Crippen LogP contribution in [0, 0.1) is 5.82 Å². The number of benzene rings is 1. The SMILES string of the molecule is CC(C)c1ccc(CC(=O)Nc2ccn(Cc3ccc(F)cn3)n2)cc1. The van der Waals surface area contributed by atoms with Gasteiger partial charge in [0.1, 0.15) is 5.82 Å². The quantitative estimate of drug-likeness (QED) is 0.735. The number of amides is 1. The van der Waals surface area contributed by atoms with Crippen LogP contribution in [0.1, 0.15) is 36.6 Å². The number of nitrogens with zero attached hydrogens (tertiary/aromatic N) is 3. The van der Waals surface area contributed by atoms with E-state index in [-0.39, 0.29) is 11.7 Å². The lowest BCUT2D eigenvalue weighted by Gasteiger charge is -2.07. The molecule has 2 heterocycles. The summed E-state index contributed by atoms with van der Waals surface area (Å²) in [5.41, 5.74) is 2.90. The van der Waals surface area contributed by atoms with Gasteiger partial charge in [-0.25, -0.2) is 4.39 Å². The highest BCUT2D eigenvalue weighted by molar-refractivity contribution is 5.91. The second kappa shape index (κ2) is 7.91. The zero-order valence-corrected chi connectivity index (χ0v) is 14.8. The van der Waals surface area contributed by atoms with E-state index >= 15 is 0 Å². The van der Waals surface area contributed by atoms with E-state index in [1.54, 1.807) is 23.0 Å². The topological polar surface area (TPSA) is 59.8 Å². The van der Waals surface area contributed by atoms with Crippen LogP contribution >= 0.6 is 0 Å². The molecule has 1 N–H and O–H groups in total. The molecule has 2 aromatic heterocycles. The van der Waals surface area contributed by atoms with E-state index in [1.165, 1.54) is 17.8 Å². The van der Waals surface area contributed by atoms with Gasteiger partial charge in [-0.05, 0) is 29.2 Å². The number of nitrogens with one attached hydrogen (secondary N) is 1. The third-order valence-electron chi connectivity index (χ3n) is 4.03. The van der Waals surface area contributed by atoms with Crippen LogP contribution in [0.4, 0.5) is 10.2 Å². The number of hydrogen-bond donors (Lipinski definition) is 1. The van der Waals surface area contributed by atoms with Crippen LogP contribution in [-0.4, -0.2) is 20.7 Å². The largest absolute Gasteiger partial charge is 0.309 e. The van der Waals surface area contributed by atoms with Gasteiger partial charge in [0.25, 0.3) is 0 Å². The number of anilines is 1. The van der Waals surface area contributed by atoms with Gasteiger partial charge in [-0.15, -0.1) is 0 Å². The molecule has 0 bridgehead atoms. The third-order valence-corrected chi connectivity index (χ3v) is 4.03. The molecule has 3 rings (SSSR count). The van der Waals surface area contributed by atoms with Crippen molar-refractivity contribution in [3.05, 3.63) is 77.5 Å². The number of aromatic nitrogens is 3. The van der Waals surface area contributed by atoms with Crippen molar-refractivity contribution in [1.82, 2.24) is 14.8 Å². The van der Waals surface area contributed by atoms with Crippen molar-refractivity contribution < 1.29 is 9.18 Å². The molecule has 0 spiro atoms. The molecule has 0 unspecified atom stereocenters. The fourth-order valence-electron chi connectivity index (χ4n) is 2.58. The lowest BCUT2D eigenvalue weighted by Crippen LogP contribution is -2.15. The van der Waals surface area contributed by atoms with Crippen molar-refractivity contribution in [2.45, 2.75) is 32.7 Å². The summed E-state index contributed by atoms with van der Waals surface area (Å²) in [6.45, 7) is 4.69. The summed E-state index contributed by atoms with van der Waals surface area (Å²) in [6.07, 6.45) is 3.22. The van der Waals surface area contributed by atoms with Crippen molar-refractivity contribution in [1.29, 1.82) is 0 Å². The smallest absolute Gasteiger partial charge is 0.229 e. The summed E-state index contributed by atoms with van der Waals surface area (Å²) in [5.74, 6) is 0.462. The summed E-state index contributed by atoms with van der Waals surface area (Å²) < 4.78 is 14.5. The van der Waals surface area contributed by atoms with Gasteiger partial charge in [0.15, 0.2) is 5.82 Å². The lowest BCUT2D eigenvalue weighted by atomic mass is 10.0. The zero-order valence-electron chi connectivity index (χ0n) is 14.8. The van der Waals surface area contributed by atoms with E-state index in [0.717, 1.165) is 5.56 Å². The van der Waals surface area contributed by atoms with E-state index in [2.05, 4.69) is 41.4 Å². The molecule has 0 aliphatic rings. The number of hydrogen-bond acceptors (Lipinski definition) is 3. The molecule has 5 nitrogen and oxygen atoms in total. The Morgan fingerprint density at radius 2 is 1.92 bits per heavy atom. The average molecular weight is 352 g/mol. The van der Waals surface area contributed by atoms with Crippen molar-refractivity contribution in [2.75, 3.05) is 5.32 Å². The molecule has 1 aromatic carbocycles. The van der Waals surface area contributed by atoms with Crippen LogP contribution in [0.25, 0.3) is 0 Å². The van der Waals surface area contributed by atoms with Crippen molar-refractivity contribution in [3.8, 4) is 0 Å². The van der Waals surface area contributed by atoms with Gasteiger partial charge in [-0.2, -0.15) is 5.10 Å². The maximum absolute atomic E-state index is 12.9. The summed E-state index contributed by atoms with van der Waals surface area (Å²) in [7, 11) is 0. The first-order valence-corrected chi connectivity index (χ1v) is 8.52. The molecule has 0 radical (unpaired) electrons. The minimum atomic E-state index is -0.372. The molecule has 3 aromatic rings. The number of carbonyl (C=O) groups excluding carboxylic acids is 1. The van der Waals surface area contributed by atoms with E-state index < -0.39 is 0 Å². The second-order valence-corrected chi connectivity index (χ2v) is 6.49.